The first-order valence-corrected chi connectivity index (χ1v) is 8.10. The fraction of sp³-hybridized carbons (Fsp3) is 0.625. The first-order chi connectivity index (χ1) is 9.17. The molecule has 3 heteroatoms. The Morgan fingerprint density at radius 1 is 1.26 bits per heavy atom. The van der Waals surface area contributed by atoms with Crippen LogP contribution in [0.1, 0.15) is 51.1 Å². The number of halogens is 2. The van der Waals surface area contributed by atoms with E-state index < -0.39 is 0 Å². The van der Waals surface area contributed by atoms with E-state index in [4.69, 9.17) is 23.2 Å². The Labute approximate surface area is 126 Å². The van der Waals surface area contributed by atoms with Gasteiger partial charge in [0.2, 0.25) is 0 Å². The molecule has 0 radical (unpaired) electrons. The lowest BCUT2D eigenvalue weighted by molar-refractivity contribution is 0.359. The highest BCUT2D eigenvalue weighted by molar-refractivity contribution is 6.42. The summed E-state index contributed by atoms with van der Waals surface area (Å²) in [4.78, 5) is 0. The van der Waals surface area contributed by atoms with E-state index in [0.29, 0.717) is 17.0 Å². The lowest BCUT2D eigenvalue weighted by Crippen LogP contribution is -2.27. The SMILES string of the molecule is CCNC(c1cccc(Cl)c1Cl)C1CCC(CC)C1. The number of nitrogens with one attached hydrogen (secondary N) is 1. The van der Waals surface area contributed by atoms with Crippen molar-refractivity contribution in [3.63, 3.8) is 0 Å². The molecule has 0 aliphatic heterocycles. The van der Waals surface area contributed by atoms with E-state index in [0.717, 1.165) is 23.0 Å². The summed E-state index contributed by atoms with van der Waals surface area (Å²) in [7, 11) is 0. The van der Waals surface area contributed by atoms with E-state index in [1.807, 2.05) is 12.1 Å². The number of hydrogen-bond donors (Lipinski definition) is 1. The molecular weight excluding hydrogens is 277 g/mol. The molecule has 0 spiro atoms. The molecule has 2 rings (SSSR count). The molecule has 0 saturated heterocycles. The van der Waals surface area contributed by atoms with Gasteiger partial charge in [-0.1, -0.05) is 62.0 Å². The van der Waals surface area contributed by atoms with Gasteiger partial charge in [0.25, 0.3) is 0 Å². The minimum Gasteiger partial charge on any atom is -0.310 e. The molecule has 0 bridgehead atoms. The van der Waals surface area contributed by atoms with E-state index in [-0.39, 0.29) is 0 Å². The Bertz CT molecular complexity index is 419. The van der Waals surface area contributed by atoms with E-state index in [1.165, 1.54) is 25.7 Å². The number of rotatable bonds is 5. The Morgan fingerprint density at radius 2 is 2.05 bits per heavy atom. The molecule has 1 aromatic carbocycles. The van der Waals surface area contributed by atoms with Crippen LogP contribution in [0.5, 0.6) is 0 Å². The summed E-state index contributed by atoms with van der Waals surface area (Å²) in [6.07, 6.45) is 5.23. The summed E-state index contributed by atoms with van der Waals surface area (Å²) in [5.74, 6) is 1.56. The van der Waals surface area contributed by atoms with Gasteiger partial charge in [0.1, 0.15) is 0 Å². The van der Waals surface area contributed by atoms with E-state index >= 15 is 0 Å². The maximum atomic E-state index is 6.40. The molecule has 0 amide bonds. The fourth-order valence-electron chi connectivity index (χ4n) is 3.30. The van der Waals surface area contributed by atoms with Crippen molar-refractivity contribution >= 4 is 23.2 Å². The van der Waals surface area contributed by atoms with Crippen LogP contribution in [0, 0.1) is 11.8 Å². The number of benzene rings is 1. The zero-order valence-corrected chi connectivity index (χ0v) is 13.3. The molecule has 0 heterocycles. The second-order valence-electron chi connectivity index (χ2n) is 5.53. The Balaban J connectivity index is 2.22. The van der Waals surface area contributed by atoms with Crippen LogP contribution in [0.25, 0.3) is 0 Å². The zero-order valence-electron chi connectivity index (χ0n) is 11.8. The van der Waals surface area contributed by atoms with Gasteiger partial charge in [-0.2, -0.15) is 0 Å². The van der Waals surface area contributed by atoms with Crippen LogP contribution in [0.2, 0.25) is 10.0 Å². The van der Waals surface area contributed by atoms with Crippen molar-refractivity contribution < 1.29 is 0 Å². The second-order valence-corrected chi connectivity index (χ2v) is 6.31. The maximum Gasteiger partial charge on any atom is 0.0640 e. The fourth-order valence-corrected chi connectivity index (χ4v) is 3.72. The lowest BCUT2D eigenvalue weighted by Gasteiger charge is -2.26. The number of hydrogen-bond acceptors (Lipinski definition) is 1. The molecule has 1 aromatic rings. The molecule has 1 aliphatic carbocycles. The monoisotopic (exact) mass is 299 g/mol. The minimum absolute atomic E-state index is 0.341. The molecule has 0 aromatic heterocycles. The van der Waals surface area contributed by atoms with Crippen LogP contribution < -0.4 is 5.32 Å². The van der Waals surface area contributed by atoms with Crippen molar-refractivity contribution in [1.82, 2.24) is 5.32 Å². The second kappa shape index (κ2) is 6.97. The summed E-state index contributed by atoms with van der Waals surface area (Å²) >= 11 is 12.6. The van der Waals surface area contributed by atoms with Crippen molar-refractivity contribution in [2.75, 3.05) is 6.54 Å². The van der Waals surface area contributed by atoms with Gasteiger partial charge in [0.05, 0.1) is 10.0 Å². The standard InChI is InChI=1S/C16H23Cl2N/c1-3-11-8-9-12(10-11)16(19-4-2)13-6-5-7-14(17)15(13)18/h5-7,11-12,16,19H,3-4,8-10H2,1-2H3. The topological polar surface area (TPSA) is 12.0 Å². The first kappa shape index (κ1) is 15.2. The zero-order chi connectivity index (χ0) is 13.8. The maximum absolute atomic E-state index is 6.40. The molecule has 1 N–H and O–H groups in total. The van der Waals surface area contributed by atoms with Crippen molar-refractivity contribution in [3.05, 3.63) is 33.8 Å². The molecule has 1 fully saturated rings. The van der Waals surface area contributed by atoms with Gasteiger partial charge in [-0.25, -0.2) is 0 Å². The summed E-state index contributed by atoms with van der Waals surface area (Å²) in [6, 6.07) is 6.31. The molecular formula is C16H23Cl2N. The normalized spacial score (nSPS) is 24.6. The van der Waals surface area contributed by atoms with Gasteiger partial charge in [-0.15, -0.1) is 0 Å². The van der Waals surface area contributed by atoms with Crippen molar-refractivity contribution in [2.45, 2.75) is 45.6 Å². The summed E-state index contributed by atoms with van der Waals surface area (Å²) < 4.78 is 0. The first-order valence-electron chi connectivity index (χ1n) is 7.34. The Hall–Kier alpha value is -0.240. The van der Waals surface area contributed by atoms with Gasteiger partial charge in [0.15, 0.2) is 0 Å². The van der Waals surface area contributed by atoms with E-state index in [9.17, 15) is 0 Å². The van der Waals surface area contributed by atoms with Crippen molar-refractivity contribution in [3.8, 4) is 0 Å². The quantitative estimate of drug-likeness (QED) is 0.760. The highest BCUT2D eigenvalue weighted by Gasteiger charge is 2.31. The molecule has 1 aliphatic rings. The van der Waals surface area contributed by atoms with Crippen LogP contribution in [-0.2, 0) is 0 Å². The molecule has 106 valence electrons. The van der Waals surface area contributed by atoms with Crippen LogP contribution in [0.3, 0.4) is 0 Å². The Morgan fingerprint density at radius 3 is 2.68 bits per heavy atom. The van der Waals surface area contributed by atoms with Gasteiger partial charge in [-0.05, 0) is 42.9 Å². The molecule has 3 atom stereocenters. The Kier molecular flexibility index (Phi) is 5.56. The third-order valence-electron chi connectivity index (χ3n) is 4.37. The van der Waals surface area contributed by atoms with Crippen LogP contribution in [-0.4, -0.2) is 6.54 Å². The third kappa shape index (κ3) is 3.45. The van der Waals surface area contributed by atoms with Crippen LogP contribution in [0.15, 0.2) is 18.2 Å². The summed E-state index contributed by atoms with van der Waals surface area (Å²) in [6.45, 7) is 5.40. The van der Waals surface area contributed by atoms with Crippen LogP contribution >= 0.6 is 23.2 Å². The third-order valence-corrected chi connectivity index (χ3v) is 5.20. The predicted molar refractivity (Wildman–Crippen MR) is 84.0 cm³/mol. The molecule has 1 nitrogen and oxygen atoms in total. The van der Waals surface area contributed by atoms with Crippen molar-refractivity contribution in [2.24, 2.45) is 11.8 Å². The smallest absolute Gasteiger partial charge is 0.0640 e. The van der Waals surface area contributed by atoms with E-state index in [1.54, 1.807) is 0 Å². The highest BCUT2D eigenvalue weighted by Crippen LogP contribution is 2.42. The van der Waals surface area contributed by atoms with E-state index in [2.05, 4.69) is 25.2 Å². The minimum atomic E-state index is 0.341. The predicted octanol–water partition coefficient (Wildman–Crippen LogP) is 5.47. The molecule has 3 unspecified atom stereocenters. The lowest BCUT2D eigenvalue weighted by atomic mass is 9.90. The summed E-state index contributed by atoms with van der Waals surface area (Å²) in [5, 5.41) is 4.99. The summed E-state index contributed by atoms with van der Waals surface area (Å²) in [5.41, 5.74) is 1.16. The largest absolute Gasteiger partial charge is 0.310 e. The molecule has 1 saturated carbocycles. The van der Waals surface area contributed by atoms with Gasteiger partial charge < -0.3 is 5.32 Å². The highest BCUT2D eigenvalue weighted by atomic mass is 35.5. The average Bonchev–Trinajstić information content (AvgIpc) is 2.88. The van der Waals surface area contributed by atoms with Gasteiger partial charge in [0, 0.05) is 6.04 Å². The molecule has 19 heavy (non-hydrogen) atoms. The van der Waals surface area contributed by atoms with Gasteiger partial charge >= 0.3 is 0 Å². The van der Waals surface area contributed by atoms with Crippen LogP contribution in [0.4, 0.5) is 0 Å². The average molecular weight is 300 g/mol. The van der Waals surface area contributed by atoms with Crippen molar-refractivity contribution in [1.29, 1.82) is 0 Å². The van der Waals surface area contributed by atoms with Gasteiger partial charge in [-0.3, -0.25) is 0 Å².